The summed E-state index contributed by atoms with van der Waals surface area (Å²) in [5.74, 6) is 0. The van der Waals surface area contributed by atoms with Gasteiger partial charge in [0, 0.05) is 0 Å². The van der Waals surface area contributed by atoms with Crippen LogP contribution in [0.15, 0.2) is 0 Å². The molecule has 0 spiro atoms. The zero-order chi connectivity index (χ0) is 0. The van der Waals surface area contributed by atoms with Gasteiger partial charge < -0.3 is 0 Å². The molecule has 0 N–H and O–H groups in total. The predicted octanol–water partition coefficient (Wildman–Crippen LogP) is -3.76. The summed E-state index contributed by atoms with van der Waals surface area (Å²) < 4.78 is 0. The third-order valence-electron chi connectivity index (χ3n) is 0. The van der Waals surface area contributed by atoms with Gasteiger partial charge >= 0.3 is 98.7 Å². The van der Waals surface area contributed by atoms with Crippen molar-refractivity contribution in [2.75, 3.05) is 0 Å². The summed E-state index contributed by atoms with van der Waals surface area (Å²) in [6.07, 6.45) is 0. The standard InChI is InChI=1S/Ag.Al.Cu.Li.Mg/q+1;+3;2*+1;+2. The summed E-state index contributed by atoms with van der Waals surface area (Å²) in [5.41, 5.74) is 0. The molecule has 0 nitrogen and oxygen atoms in total. The van der Waals surface area contributed by atoms with Gasteiger partial charge in [-0.3, -0.25) is 0 Å². The van der Waals surface area contributed by atoms with E-state index in [4.69, 9.17) is 0 Å². The molecule has 0 aliphatic rings. The van der Waals surface area contributed by atoms with Crippen molar-refractivity contribution in [1.29, 1.82) is 0 Å². The Labute approximate surface area is 97.0 Å². The zero-order valence-corrected chi connectivity index (χ0v) is 7.88. The van der Waals surface area contributed by atoms with Crippen LogP contribution in [-0.4, -0.2) is 40.4 Å². The summed E-state index contributed by atoms with van der Waals surface area (Å²) in [7, 11) is 0. The van der Waals surface area contributed by atoms with Crippen molar-refractivity contribution in [1.82, 2.24) is 0 Å². The van der Waals surface area contributed by atoms with E-state index in [0.29, 0.717) is 0 Å². The van der Waals surface area contributed by atoms with Gasteiger partial charge in [0.1, 0.15) is 0 Å². The van der Waals surface area contributed by atoms with E-state index in [-0.39, 0.29) is 98.7 Å². The van der Waals surface area contributed by atoms with E-state index in [1.165, 1.54) is 0 Å². The van der Waals surface area contributed by atoms with Gasteiger partial charge in [-0.1, -0.05) is 0 Å². The number of hydrogen-bond acceptors (Lipinski definition) is 0. The van der Waals surface area contributed by atoms with Crippen molar-refractivity contribution in [2.24, 2.45) is 0 Å². The fourth-order valence-electron chi connectivity index (χ4n) is 0. The molecule has 0 heterocycles. The summed E-state index contributed by atoms with van der Waals surface area (Å²) >= 11 is 0. The number of rotatable bonds is 0. The summed E-state index contributed by atoms with van der Waals surface area (Å²) in [6, 6.07) is 0. The van der Waals surface area contributed by atoms with Gasteiger partial charge in [-0.2, -0.15) is 0 Å². The molecule has 0 saturated heterocycles. The molecule has 0 unspecified atom stereocenters. The molecular weight excluding hydrogens is 230 g/mol. The smallest absolute Gasteiger partial charge is 1.00 e. The van der Waals surface area contributed by atoms with Gasteiger partial charge in [0.15, 0.2) is 0 Å². The minimum Gasteiger partial charge on any atom is 1.00 e. The number of hydrogen-bond donors (Lipinski definition) is 0. The largest absolute Gasteiger partial charge is 3.00 e. The Morgan fingerprint density at radius 1 is 1.00 bits per heavy atom. The molecule has 5 heavy (non-hydrogen) atoms. The Hall–Kier alpha value is 3.16. The maximum Gasteiger partial charge on any atom is 3.00 e. The Morgan fingerprint density at radius 3 is 1.00 bits per heavy atom. The molecule has 0 aromatic rings. The maximum atomic E-state index is 0. The van der Waals surface area contributed by atoms with Crippen LogP contribution in [0.3, 0.4) is 0 Å². The summed E-state index contributed by atoms with van der Waals surface area (Å²) in [6.45, 7) is 0. The van der Waals surface area contributed by atoms with E-state index >= 15 is 0 Å². The Bertz CT molecular complexity index is 11.6. The van der Waals surface area contributed by atoms with Crippen LogP contribution in [0, 0.1) is 0 Å². The predicted molar refractivity (Wildman–Crippen MR) is 11.5 cm³/mol. The van der Waals surface area contributed by atoms with E-state index in [9.17, 15) is 0 Å². The molecule has 0 aromatic heterocycles. The molecule has 0 aliphatic carbocycles. The van der Waals surface area contributed by atoms with Crippen LogP contribution < -0.4 is 18.9 Å². The fraction of sp³-hybridized carbons (Fsp3) is 0. The second-order valence-electron chi connectivity index (χ2n) is 0. The van der Waals surface area contributed by atoms with Crippen LogP contribution in [0.4, 0.5) is 0 Å². The molecule has 0 bridgehead atoms. The molecule has 0 aromatic carbocycles. The molecule has 5 heteroatoms. The van der Waals surface area contributed by atoms with Gasteiger partial charge in [0.05, 0.1) is 0 Å². The first-order valence-corrected chi connectivity index (χ1v) is 0. The molecule has 0 atom stereocenters. The molecular formula is AgAlCuLiMg+8. The molecule has 0 aliphatic heterocycles. The van der Waals surface area contributed by atoms with Crippen molar-refractivity contribution in [3.63, 3.8) is 0 Å². The van der Waals surface area contributed by atoms with Crippen molar-refractivity contribution < 1.29 is 58.3 Å². The summed E-state index contributed by atoms with van der Waals surface area (Å²) in [5, 5.41) is 0. The molecule has 0 rings (SSSR count). The summed E-state index contributed by atoms with van der Waals surface area (Å²) in [4.78, 5) is 0. The Kier molecular flexibility index (Phi) is 228. The fourth-order valence-corrected chi connectivity index (χ4v) is 0. The van der Waals surface area contributed by atoms with Crippen LogP contribution in [0.5, 0.6) is 0 Å². The minimum absolute atomic E-state index is 0. The Balaban J connectivity index is 0. The van der Waals surface area contributed by atoms with Crippen LogP contribution in [-0.2, 0) is 39.4 Å². The van der Waals surface area contributed by atoms with Crippen LogP contribution in [0.1, 0.15) is 0 Å². The zero-order valence-electron chi connectivity index (χ0n) is 2.89. The second kappa shape index (κ2) is 27.2. The van der Waals surface area contributed by atoms with Crippen LogP contribution >= 0.6 is 0 Å². The van der Waals surface area contributed by atoms with E-state index in [2.05, 4.69) is 0 Å². The average Bonchev–Trinajstić information content (AvgIpc) is 0. The first-order valence-electron chi connectivity index (χ1n) is 0. The Morgan fingerprint density at radius 2 is 1.00 bits per heavy atom. The van der Waals surface area contributed by atoms with Gasteiger partial charge in [0.25, 0.3) is 0 Å². The molecule has 0 radical (unpaired) electrons. The topological polar surface area (TPSA) is 0 Å². The van der Waals surface area contributed by atoms with Crippen molar-refractivity contribution >= 4 is 40.4 Å². The van der Waals surface area contributed by atoms with Gasteiger partial charge in [0.2, 0.25) is 0 Å². The minimum atomic E-state index is 0. The molecule has 0 amide bonds. The third kappa shape index (κ3) is 19.1. The van der Waals surface area contributed by atoms with E-state index < -0.39 is 0 Å². The van der Waals surface area contributed by atoms with Crippen LogP contribution in [0.25, 0.3) is 0 Å². The van der Waals surface area contributed by atoms with E-state index in [1.807, 2.05) is 0 Å². The van der Waals surface area contributed by atoms with E-state index in [1.54, 1.807) is 0 Å². The van der Waals surface area contributed by atoms with Gasteiger partial charge in [-0.15, -0.1) is 0 Å². The second-order valence-corrected chi connectivity index (χ2v) is 0. The van der Waals surface area contributed by atoms with Gasteiger partial charge in [-0.25, -0.2) is 0 Å². The average molecular weight is 230 g/mol. The molecule has 20 valence electrons. The maximum absolute atomic E-state index is 0. The van der Waals surface area contributed by atoms with E-state index in [0.717, 1.165) is 0 Å². The van der Waals surface area contributed by atoms with Crippen LogP contribution in [0.2, 0.25) is 0 Å². The van der Waals surface area contributed by atoms with Gasteiger partial charge in [-0.05, 0) is 0 Å². The normalized spacial score (nSPS) is 0. The monoisotopic (exact) mass is 228 g/mol. The quantitative estimate of drug-likeness (QED) is 0.375. The van der Waals surface area contributed by atoms with Crippen molar-refractivity contribution in [3.05, 3.63) is 0 Å². The molecule has 0 saturated carbocycles. The molecule has 0 fully saturated rings. The van der Waals surface area contributed by atoms with Crippen molar-refractivity contribution in [3.8, 4) is 0 Å². The first kappa shape index (κ1) is 41.9. The third-order valence-corrected chi connectivity index (χ3v) is 0. The first-order chi connectivity index (χ1) is 0. The SMILES string of the molecule is [Ag+].[Al+3].[Cu+].[Li+].[Mg+2]. The van der Waals surface area contributed by atoms with Crippen molar-refractivity contribution in [2.45, 2.75) is 0 Å².